The number of hydrogen-bond acceptors (Lipinski definition) is 0. The van der Waals surface area contributed by atoms with Crippen molar-refractivity contribution in [3.63, 3.8) is 0 Å². The van der Waals surface area contributed by atoms with E-state index in [2.05, 4.69) is 41.5 Å². The Morgan fingerprint density at radius 2 is 1.28 bits per heavy atom. The van der Waals surface area contributed by atoms with E-state index in [0.29, 0.717) is 5.41 Å². The van der Waals surface area contributed by atoms with E-state index in [1.165, 1.54) is 89.9 Å². The summed E-state index contributed by atoms with van der Waals surface area (Å²) in [5.41, 5.74) is 0.608. The van der Waals surface area contributed by atoms with Gasteiger partial charge in [-0.1, -0.05) is 119 Å². The van der Waals surface area contributed by atoms with Crippen molar-refractivity contribution < 1.29 is 0 Å². The van der Waals surface area contributed by atoms with Gasteiger partial charge in [0.2, 0.25) is 0 Å². The second kappa shape index (κ2) is 12.4. The zero-order valence-corrected chi connectivity index (χ0v) is 18.7. The van der Waals surface area contributed by atoms with Crippen LogP contribution in [0.5, 0.6) is 0 Å². The van der Waals surface area contributed by atoms with E-state index in [1.54, 1.807) is 0 Å². The number of hydrogen-bond donors (Lipinski definition) is 0. The van der Waals surface area contributed by atoms with Gasteiger partial charge in [-0.15, -0.1) is 0 Å². The Hall–Kier alpha value is 0. The minimum absolute atomic E-state index is 0.608. The van der Waals surface area contributed by atoms with Crippen molar-refractivity contribution in [2.24, 2.45) is 29.1 Å². The maximum Gasteiger partial charge on any atom is -0.0272 e. The third kappa shape index (κ3) is 8.96. The molecule has 4 atom stereocenters. The average Bonchev–Trinajstić information content (AvgIpc) is 3.30. The highest BCUT2D eigenvalue weighted by atomic mass is 14.5. The van der Waals surface area contributed by atoms with Crippen molar-refractivity contribution in [1.29, 1.82) is 0 Å². The van der Waals surface area contributed by atoms with E-state index < -0.39 is 0 Å². The second-order valence-corrected chi connectivity index (χ2v) is 10.1. The fraction of sp³-hybridized carbons (Fsp3) is 1.00. The van der Waals surface area contributed by atoms with Crippen molar-refractivity contribution in [1.82, 2.24) is 0 Å². The van der Waals surface area contributed by atoms with Gasteiger partial charge in [-0.05, 0) is 41.9 Å². The Bertz CT molecular complexity index is 318. The first-order chi connectivity index (χ1) is 11.9. The van der Waals surface area contributed by atoms with Crippen molar-refractivity contribution in [3.8, 4) is 0 Å². The molecule has 1 rings (SSSR count). The second-order valence-electron chi connectivity index (χ2n) is 10.1. The van der Waals surface area contributed by atoms with Gasteiger partial charge in [0.15, 0.2) is 0 Å². The van der Waals surface area contributed by atoms with Gasteiger partial charge in [-0.2, -0.15) is 0 Å². The lowest BCUT2D eigenvalue weighted by Gasteiger charge is -2.35. The molecule has 0 spiro atoms. The van der Waals surface area contributed by atoms with Crippen LogP contribution in [0.1, 0.15) is 131 Å². The highest BCUT2D eigenvalue weighted by Gasteiger charge is 2.48. The summed E-state index contributed by atoms with van der Waals surface area (Å²) in [5, 5.41) is 0. The van der Waals surface area contributed by atoms with Crippen LogP contribution in [0.15, 0.2) is 0 Å². The first-order valence-electron chi connectivity index (χ1n) is 11.9. The molecule has 1 aliphatic carbocycles. The highest BCUT2D eigenvalue weighted by molar-refractivity contribution is 4.97. The molecule has 1 aliphatic rings. The summed E-state index contributed by atoms with van der Waals surface area (Å²) in [5.74, 6) is 3.79. The van der Waals surface area contributed by atoms with E-state index >= 15 is 0 Å². The van der Waals surface area contributed by atoms with Crippen molar-refractivity contribution in [3.05, 3.63) is 0 Å². The van der Waals surface area contributed by atoms with Crippen molar-refractivity contribution in [2.45, 2.75) is 131 Å². The summed E-state index contributed by atoms with van der Waals surface area (Å²) in [6.45, 7) is 14.7. The Kier molecular flexibility index (Phi) is 11.4. The van der Waals surface area contributed by atoms with Crippen LogP contribution >= 0.6 is 0 Å². The van der Waals surface area contributed by atoms with Crippen LogP contribution < -0.4 is 0 Å². The molecule has 0 aromatic heterocycles. The van der Waals surface area contributed by atoms with Crippen LogP contribution in [0, 0.1) is 29.1 Å². The average molecular weight is 351 g/mol. The molecule has 0 saturated heterocycles. The highest BCUT2D eigenvalue weighted by Crippen LogP contribution is 2.56. The first kappa shape index (κ1) is 23.0. The lowest BCUT2D eigenvalue weighted by atomic mass is 9.70. The molecule has 0 aromatic rings. The molecule has 0 heteroatoms. The maximum atomic E-state index is 2.58. The lowest BCUT2D eigenvalue weighted by molar-refractivity contribution is 0.145. The third-order valence-electron chi connectivity index (χ3n) is 7.49. The van der Waals surface area contributed by atoms with E-state index in [9.17, 15) is 0 Å². The van der Waals surface area contributed by atoms with Gasteiger partial charge in [0.05, 0.1) is 0 Å². The molecule has 0 radical (unpaired) electrons. The van der Waals surface area contributed by atoms with Crippen molar-refractivity contribution in [2.75, 3.05) is 0 Å². The molecular formula is C25H50. The minimum Gasteiger partial charge on any atom is -0.0654 e. The van der Waals surface area contributed by atoms with E-state index in [-0.39, 0.29) is 0 Å². The molecular weight excluding hydrogens is 300 g/mol. The van der Waals surface area contributed by atoms with Gasteiger partial charge in [-0.3, -0.25) is 0 Å². The predicted molar refractivity (Wildman–Crippen MR) is 115 cm³/mol. The molecule has 0 N–H and O–H groups in total. The topological polar surface area (TPSA) is 0 Å². The largest absolute Gasteiger partial charge is 0.0654 e. The number of unbranched alkanes of at least 4 members (excludes halogenated alkanes) is 8. The summed E-state index contributed by atoms with van der Waals surface area (Å²) >= 11 is 0. The first-order valence-corrected chi connectivity index (χ1v) is 11.9. The van der Waals surface area contributed by atoms with Crippen LogP contribution in [0.2, 0.25) is 0 Å². The fourth-order valence-corrected chi connectivity index (χ4v) is 4.92. The van der Waals surface area contributed by atoms with Gasteiger partial charge in [0, 0.05) is 0 Å². The molecule has 0 aliphatic heterocycles. The minimum atomic E-state index is 0.608. The number of rotatable bonds is 16. The Labute approximate surface area is 160 Å². The Morgan fingerprint density at radius 1 is 0.800 bits per heavy atom. The molecule has 0 nitrogen and oxygen atoms in total. The molecule has 0 bridgehead atoms. The normalized spacial score (nSPS) is 23.6. The van der Waals surface area contributed by atoms with Crippen LogP contribution in [-0.4, -0.2) is 0 Å². The maximum absolute atomic E-state index is 2.58. The molecule has 0 amide bonds. The summed E-state index contributed by atoms with van der Waals surface area (Å²) in [7, 11) is 0. The zero-order chi connectivity index (χ0) is 18.7. The SMILES string of the molecule is CCCCCCCCCCCC(C)CCCC(C)(C(C)C)C1CC1C. The molecule has 1 fully saturated rings. The Balaban J connectivity index is 2.00. The summed E-state index contributed by atoms with van der Waals surface area (Å²) < 4.78 is 0. The molecule has 25 heavy (non-hydrogen) atoms. The summed E-state index contributed by atoms with van der Waals surface area (Å²) in [6, 6.07) is 0. The van der Waals surface area contributed by atoms with Gasteiger partial charge in [0.1, 0.15) is 0 Å². The summed E-state index contributed by atoms with van der Waals surface area (Å²) in [6.07, 6.45) is 20.4. The fourth-order valence-electron chi connectivity index (χ4n) is 4.92. The smallest absolute Gasteiger partial charge is 0.0272 e. The van der Waals surface area contributed by atoms with Gasteiger partial charge in [0.25, 0.3) is 0 Å². The summed E-state index contributed by atoms with van der Waals surface area (Å²) in [4.78, 5) is 0. The zero-order valence-electron chi connectivity index (χ0n) is 18.7. The van der Waals surface area contributed by atoms with Crippen molar-refractivity contribution >= 4 is 0 Å². The van der Waals surface area contributed by atoms with E-state index in [0.717, 1.165) is 23.7 Å². The molecule has 150 valence electrons. The molecule has 1 saturated carbocycles. The monoisotopic (exact) mass is 350 g/mol. The third-order valence-corrected chi connectivity index (χ3v) is 7.49. The van der Waals surface area contributed by atoms with Crippen LogP contribution in [0.4, 0.5) is 0 Å². The quantitative estimate of drug-likeness (QED) is 0.243. The van der Waals surface area contributed by atoms with Gasteiger partial charge < -0.3 is 0 Å². The van der Waals surface area contributed by atoms with Gasteiger partial charge >= 0.3 is 0 Å². The van der Waals surface area contributed by atoms with Crippen LogP contribution in [0.25, 0.3) is 0 Å². The van der Waals surface area contributed by atoms with E-state index in [4.69, 9.17) is 0 Å². The standard InChI is InChI=1S/C25H50/c1-7-8-9-10-11-12-13-14-15-17-22(4)18-16-19-25(6,21(2)3)24-20-23(24)5/h21-24H,7-20H2,1-6H3. The lowest BCUT2D eigenvalue weighted by Crippen LogP contribution is -2.27. The Morgan fingerprint density at radius 3 is 1.76 bits per heavy atom. The van der Waals surface area contributed by atoms with Crippen LogP contribution in [0.3, 0.4) is 0 Å². The van der Waals surface area contributed by atoms with Crippen LogP contribution in [-0.2, 0) is 0 Å². The van der Waals surface area contributed by atoms with Gasteiger partial charge in [-0.25, -0.2) is 0 Å². The molecule has 4 unspecified atom stereocenters. The molecule has 0 aromatic carbocycles. The van der Waals surface area contributed by atoms with E-state index in [1.807, 2.05) is 0 Å². The molecule has 0 heterocycles. The predicted octanol–water partition coefficient (Wildman–Crippen LogP) is 9.03.